The molecule has 3 fully saturated rings. The van der Waals surface area contributed by atoms with Crippen LogP contribution in [0.25, 0.3) is 11.2 Å². The van der Waals surface area contributed by atoms with Crippen LogP contribution in [0.4, 0.5) is 5.82 Å². The zero-order valence-electron chi connectivity index (χ0n) is 24.2. The van der Waals surface area contributed by atoms with E-state index in [0.717, 1.165) is 45.3 Å². The Kier molecular flexibility index (Phi) is 8.14. The highest BCUT2D eigenvalue weighted by molar-refractivity contribution is 5.96. The summed E-state index contributed by atoms with van der Waals surface area (Å²) in [4.78, 5) is 34.4. The lowest BCUT2D eigenvalue weighted by molar-refractivity contribution is 0.0658. The van der Waals surface area contributed by atoms with Crippen molar-refractivity contribution < 1.29 is 4.79 Å². The molecule has 0 atom stereocenters. The van der Waals surface area contributed by atoms with Crippen LogP contribution in [0.2, 0.25) is 0 Å². The first kappa shape index (κ1) is 27.6. The Labute approximate surface area is 241 Å². The SMILES string of the molecule is CN1CCN(C2CCN(Cc3ccc(C(=O)NN(c4nc(C#N)nc5c4ncn5C)C4CCCC4)cc3)CC2)CC1. The number of rotatable bonds is 7. The molecule has 0 radical (unpaired) electrons. The fourth-order valence-electron chi connectivity index (χ4n) is 6.51. The highest BCUT2D eigenvalue weighted by Gasteiger charge is 2.30. The first-order valence-corrected chi connectivity index (χ1v) is 14.9. The van der Waals surface area contributed by atoms with E-state index in [2.05, 4.69) is 60.3 Å². The number of carbonyl (C=O) groups is 1. The minimum absolute atomic E-state index is 0.0604. The van der Waals surface area contributed by atoms with Crippen LogP contribution in [0, 0.1) is 11.3 Å². The fourth-order valence-corrected chi connectivity index (χ4v) is 6.51. The Morgan fingerprint density at radius 1 is 1.00 bits per heavy atom. The number of piperidine rings is 1. The average Bonchev–Trinajstić information content (AvgIpc) is 3.67. The minimum Gasteiger partial charge on any atom is -0.318 e. The molecule has 0 bridgehead atoms. The van der Waals surface area contributed by atoms with Gasteiger partial charge in [0.1, 0.15) is 6.07 Å². The van der Waals surface area contributed by atoms with Crippen molar-refractivity contribution in [2.75, 3.05) is 51.3 Å². The van der Waals surface area contributed by atoms with Crippen LogP contribution in [0.5, 0.6) is 0 Å². The van der Waals surface area contributed by atoms with Gasteiger partial charge in [0.25, 0.3) is 5.91 Å². The van der Waals surface area contributed by atoms with E-state index in [4.69, 9.17) is 0 Å². The molecule has 1 aliphatic carbocycles. The lowest BCUT2D eigenvalue weighted by Crippen LogP contribution is -2.52. The van der Waals surface area contributed by atoms with Gasteiger partial charge in [0.15, 0.2) is 17.0 Å². The van der Waals surface area contributed by atoms with Crippen molar-refractivity contribution in [2.24, 2.45) is 7.05 Å². The van der Waals surface area contributed by atoms with Crippen molar-refractivity contribution in [1.29, 1.82) is 5.26 Å². The molecule has 6 rings (SSSR count). The maximum atomic E-state index is 13.5. The summed E-state index contributed by atoms with van der Waals surface area (Å²) in [5.74, 6) is 0.340. The van der Waals surface area contributed by atoms with E-state index < -0.39 is 0 Å². The van der Waals surface area contributed by atoms with Gasteiger partial charge in [0, 0.05) is 51.4 Å². The average molecular weight is 557 g/mol. The van der Waals surface area contributed by atoms with E-state index in [1.807, 2.05) is 24.2 Å². The van der Waals surface area contributed by atoms with Gasteiger partial charge >= 0.3 is 0 Å². The maximum absolute atomic E-state index is 13.5. The second-order valence-corrected chi connectivity index (χ2v) is 11.8. The highest BCUT2D eigenvalue weighted by atomic mass is 16.2. The number of hydrazine groups is 1. The number of likely N-dealkylation sites (tertiary alicyclic amines) is 1. The van der Waals surface area contributed by atoms with Crippen molar-refractivity contribution in [1.82, 2.24) is 39.6 Å². The number of fused-ring (bicyclic) bond motifs is 1. The normalized spacial score (nSPS) is 19.9. The summed E-state index contributed by atoms with van der Waals surface area (Å²) in [6, 6.07) is 10.8. The van der Waals surface area contributed by atoms with E-state index in [0.29, 0.717) is 28.6 Å². The van der Waals surface area contributed by atoms with Gasteiger partial charge in [-0.15, -0.1) is 0 Å². The molecule has 1 N–H and O–H groups in total. The summed E-state index contributed by atoms with van der Waals surface area (Å²) in [5, 5.41) is 11.4. The highest BCUT2D eigenvalue weighted by Crippen LogP contribution is 2.30. The molecule has 11 nitrogen and oxygen atoms in total. The number of piperazine rings is 1. The molecule has 0 spiro atoms. The summed E-state index contributed by atoms with van der Waals surface area (Å²) in [6.07, 6.45) is 8.14. The Hall–Kier alpha value is -3.59. The molecule has 3 aromatic rings. The monoisotopic (exact) mass is 556 g/mol. The zero-order chi connectivity index (χ0) is 28.3. The molecular formula is C30H40N10O. The number of imidazole rings is 1. The van der Waals surface area contributed by atoms with Gasteiger partial charge in [-0.25, -0.2) is 4.98 Å². The number of nitriles is 1. The third kappa shape index (κ3) is 6.05. The van der Waals surface area contributed by atoms with Gasteiger partial charge in [0.05, 0.1) is 12.4 Å². The summed E-state index contributed by atoms with van der Waals surface area (Å²) >= 11 is 0. The first-order chi connectivity index (χ1) is 20.0. The van der Waals surface area contributed by atoms with Crippen molar-refractivity contribution in [3.8, 4) is 6.07 Å². The molecule has 2 aliphatic heterocycles. The molecule has 2 saturated heterocycles. The molecule has 1 amide bonds. The molecule has 2 aromatic heterocycles. The maximum Gasteiger partial charge on any atom is 0.269 e. The number of hydrogen-bond donors (Lipinski definition) is 1. The van der Waals surface area contributed by atoms with E-state index in [1.165, 1.54) is 44.6 Å². The second kappa shape index (κ2) is 12.1. The van der Waals surface area contributed by atoms with Gasteiger partial charge in [-0.3, -0.25) is 25.0 Å². The van der Waals surface area contributed by atoms with Crippen LogP contribution in [0.1, 0.15) is 60.3 Å². The molecule has 3 aliphatic rings. The smallest absolute Gasteiger partial charge is 0.269 e. The Bertz CT molecular complexity index is 1390. The van der Waals surface area contributed by atoms with E-state index in [-0.39, 0.29) is 17.8 Å². The van der Waals surface area contributed by atoms with Gasteiger partial charge in [-0.2, -0.15) is 15.2 Å². The van der Waals surface area contributed by atoms with Gasteiger partial charge < -0.3 is 9.47 Å². The number of nitrogens with one attached hydrogen (secondary N) is 1. The number of nitrogens with zero attached hydrogens (tertiary/aromatic N) is 9. The molecule has 1 aromatic carbocycles. The number of likely N-dealkylation sites (N-methyl/N-ethyl adjacent to an activating group) is 1. The van der Waals surface area contributed by atoms with Crippen LogP contribution < -0.4 is 10.4 Å². The molecule has 1 saturated carbocycles. The topological polar surface area (TPSA) is 109 Å². The number of amides is 1. The van der Waals surface area contributed by atoms with E-state index >= 15 is 0 Å². The van der Waals surface area contributed by atoms with Crippen LogP contribution >= 0.6 is 0 Å². The summed E-state index contributed by atoms with van der Waals surface area (Å²) < 4.78 is 1.77. The number of aromatic nitrogens is 4. The third-order valence-corrected chi connectivity index (χ3v) is 9.02. The largest absolute Gasteiger partial charge is 0.318 e. The Morgan fingerprint density at radius 3 is 2.39 bits per heavy atom. The van der Waals surface area contributed by atoms with Gasteiger partial charge in [-0.1, -0.05) is 25.0 Å². The molecule has 0 unspecified atom stereocenters. The van der Waals surface area contributed by atoms with Gasteiger partial charge in [-0.05, 0) is 63.5 Å². The first-order valence-electron chi connectivity index (χ1n) is 14.9. The standard InChI is InChI=1S/C30H40N10O/c1-36-15-17-39(18-16-36)24-11-13-38(14-12-24)20-22-7-9-23(10-8-22)30(41)35-40(25-5-3-4-6-25)29-27-28(37(2)21-32-27)33-26(19-31)34-29/h7-10,21,24-25H,3-6,11-18,20H2,1-2H3,(H,35,41). The number of carbonyl (C=O) groups excluding carboxylic acids is 1. The number of hydrogen-bond acceptors (Lipinski definition) is 9. The fraction of sp³-hybridized carbons (Fsp3) is 0.567. The van der Waals surface area contributed by atoms with Crippen LogP contribution in [0.15, 0.2) is 30.6 Å². The Morgan fingerprint density at radius 2 is 1.71 bits per heavy atom. The molecule has 216 valence electrons. The molecule has 41 heavy (non-hydrogen) atoms. The van der Waals surface area contributed by atoms with Gasteiger partial charge in [0.2, 0.25) is 5.82 Å². The third-order valence-electron chi connectivity index (χ3n) is 9.02. The predicted molar refractivity (Wildman–Crippen MR) is 157 cm³/mol. The lowest BCUT2D eigenvalue weighted by Gasteiger charge is -2.42. The van der Waals surface area contributed by atoms with Crippen LogP contribution in [-0.2, 0) is 13.6 Å². The van der Waals surface area contributed by atoms with Crippen molar-refractivity contribution >= 4 is 22.9 Å². The predicted octanol–water partition coefficient (Wildman–Crippen LogP) is 2.54. The zero-order valence-corrected chi connectivity index (χ0v) is 24.2. The Balaban J connectivity index is 1.11. The second-order valence-electron chi connectivity index (χ2n) is 11.8. The number of benzene rings is 1. The lowest BCUT2D eigenvalue weighted by atomic mass is 10.0. The van der Waals surface area contributed by atoms with E-state index in [1.54, 1.807) is 10.9 Å². The molecule has 11 heteroatoms. The minimum atomic E-state index is -0.197. The number of anilines is 1. The van der Waals surface area contributed by atoms with Crippen LogP contribution in [0.3, 0.4) is 0 Å². The van der Waals surface area contributed by atoms with Crippen LogP contribution in [-0.4, -0.2) is 98.5 Å². The quantitative estimate of drug-likeness (QED) is 0.439. The molecule has 4 heterocycles. The van der Waals surface area contributed by atoms with Crippen molar-refractivity contribution in [2.45, 2.75) is 57.2 Å². The summed E-state index contributed by atoms with van der Waals surface area (Å²) in [6.45, 7) is 7.85. The summed E-state index contributed by atoms with van der Waals surface area (Å²) in [7, 11) is 4.05. The van der Waals surface area contributed by atoms with Crippen molar-refractivity contribution in [3.63, 3.8) is 0 Å². The van der Waals surface area contributed by atoms with E-state index in [9.17, 15) is 10.1 Å². The number of aryl methyl sites for hydroxylation is 1. The summed E-state index contributed by atoms with van der Waals surface area (Å²) in [5.41, 5.74) is 6.07. The van der Waals surface area contributed by atoms with Crippen molar-refractivity contribution in [3.05, 3.63) is 47.5 Å². The molecular weight excluding hydrogens is 516 g/mol.